The number of carbonyl (C=O) groups is 2. The molecule has 1 unspecified atom stereocenters. The Kier molecular flexibility index (Phi) is 5.66. The van der Waals surface area contributed by atoms with Crippen LogP contribution >= 0.6 is 0 Å². The number of carbonyl (C=O) groups excluding carboxylic acids is 1. The number of carboxylic acid groups (broad SMARTS) is 1. The Labute approximate surface area is 157 Å². The summed E-state index contributed by atoms with van der Waals surface area (Å²) >= 11 is 0. The van der Waals surface area contributed by atoms with Gasteiger partial charge in [0.25, 0.3) is 0 Å². The van der Waals surface area contributed by atoms with Gasteiger partial charge in [-0.25, -0.2) is 4.79 Å². The second-order valence-electron chi connectivity index (χ2n) is 6.50. The Balaban J connectivity index is 1.89. The van der Waals surface area contributed by atoms with Crippen molar-refractivity contribution in [1.29, 1.82) is 0 Å². The minimum Gasteiger partial charge on any atom is -0.482 e. The molecule has 1 saturated heterocycles. The molecule has 1 aliphatic rings. The van der Waals surface area contributed by atoms with E-state index >= 15 is 0 Å². The lowest BCUT2D eigenvalue weighted by atomic mass is 10.0. The van der Waals surface area contributed by atoms with Crippen molar-refractivity contribution in [1.82, 2.24) is 19.8 Å². The fraction of sp³-hybridized carbons (Fsp3) is 0.368. The molecule has 0 saturated carbocycles. The zero-order valence-electron chi connectivity index (χ0n) is 15.3. The van der Waals surface area contributed by atoms with Crippen molar-refractivity contribution < 1.29 is 19.4 Å². The summed E-state index contributed by atoms with van der Waals surface area (Å²) < 4.78 is 5.46. The first-order chi connectivity index (χ1) is 13.0. The summed E-state index contributed by atoms with van der Waals surface area (Å²) in [4.78, 5) is 35.3. The van der Waals surface area contributed by atoms with E-state index in [0.29, 0.717) is 24.5 Å². The fourth-order valence-electron chi connectivity index (χ4n) is 3.08. The third-order valence-corrected chi connectivity index (χ3v) is 4.65. The van der Waals surface area contributed by atoms with Gasteiger partial charge < -0.3 is 14.7 Å². The second-order valence-corrected chi connectivity index (χ2v) is 6.50. The maximum atomic E-state index is 12.3. The van der Waals surface area contributed by atoms with Gasteiger partial charge in [-0.3, -0.25) is 19.7 Å². The SMILES string of the molecule is CC1C(=O)N(C)CCN1Cc1cc(-c2cnccn2)ccc1OCC(=O)O. The zero-order chi connectivity index (χ0) is 19.4. The van der Waals surface area contributed by atoms with Gasteiger partial charge in [0.2, 0.25) is 5.91 Å². The van der Waals surface area contributed by atoms with Crippen LogP contribution in [0.1, 0.15) is 12.5 Å². The lowest BCUT2D eigenvalue weighted by Gasteiger charge is -2.37. The van der Waals surface area contributed by atoms with Crippen LogP contribution in [0.15, 0.2) is 36.8 Å². The lowest BCUT2D eigenvalue weighted by molar-refractivity contribution is -0.140. The molecule has 1 N–H and O–H groups in total. The molecule has 1 aromatic heterocycles. The van der Waals surface area contributed by atoms with Gasteiger partial charge in [-0.15, -0.1) is 0 Å². The van der Waals surface area contributed by atoms with Crippen molar-refractivity contribution >= 4 is 11.9 Å². The largest absolute Gasteiger partial charge is 0.482 e. The third kappa shape index (κ3) is 4.40. The number of aliphatic carboxylic acids is 1. The van der Waals surface area contributed by atoms with Crippen LogP contribution in [0.3, 0.4) is 0 Å². The fourth-order valence-corrected chi connectivity index (χ4v) is 3.08. The summed E-state index contributed by atoms with van der Waals surface area (Å²) in [5.41, 5.74) is 2.38. The number of piperazine rings is 1. The molecular weight excluding hydrogens is 348 g/mol. The summed E-state index contributed by atoms with van der Waals surface area (Å²) in [5.74, 6) is -0.481. The lowest BCUT2D eigenvalue weighted by Crippen LogP contribution is -2.53. The average molecular weight is 370 g/mol. The van der Waals surface area contributed by atoms with Crippen LogP contribution in [-0.4, -0.2) is 69.5 Å². The van der Waals surface area contributed by atoms with Gasteiger partial charge in [-0.2, -0.15) is 0 Å². The minimum atomic E-state index is -1.04. The molecule has 0 aliphatic carbocycles. The number of ether oxygens (including phenoxy) is 1. The predicted molar refractivity (Wildman–Crippen MR) is 98.1 cm³/mol. The second kappa shape index (κ2) is 8.13. The van der Waals surface area contributed by atoms with Gasteiger partial charge in [-0.1, -0.05) is 0 Å². The number of hydrogen-bond acceptors (Lipinski definition) is 6. The van der Waals surface area contributed by atoms with Gasteiger partial charge in [-0.05, 0) is 25.1 Å². The smallest absolute Gasteiger partial charge is 0.341 e. The molecule has 142 valence electrons. The molecule has 1 amide bonds. The molecule has 1 atom stereocenters. The molecule has 1 aliphatic heterocycles. The maximum absolute atomic E-state index is 12.3. The van der Waals surface area contributed by atoms with Gasteiger partial charge in [0.15, 0.2) is 6.61 Å². The number of hydrogen-bond donors (Lipinski definition) is 1. The Morgan fingerprint density at radius 1 is 1.33 bits per heavy atom. The number of rotatable bonds is 6. The highest BCUT2D eigenvalue weighted by molar-refractivity contribution is 5.82. The summed E-state index contributed by atoms with van der Waals surface area (Å²) in [7, 11) is 1.80. The third-order valence-electron chi connectivity index (χ3n) is 4.65. The van der Waals surface area contributed by atoms with Crippen LogP contribution in [0, 0.1) is 0 Å². The summed E-state index contributed by atoms with van der Waals surface area (Å²) in [6, 6.07) is 5.22. The van der Waals surface area contributed by atoms with Crippen molar-refractivity contribution in [3.63, 3.8) is 0 Å². The Bertz CT molecular complexity index is 828. The number of carboxylic acids is 1. The number of likely N-dealkylation sites (N-methyl/N-ethyl adjacent to an activating group) is 1. The van der Waals surface area contributed by atoms with Gasteiger partial charge in [0, 0.05) is 50.2 Å². The average Bonchev–Trinajstić information content (AvgIpc) is 2.68. The van der Waals surface area contributed by atoms with Crippen molar-refractivity contribution in [2.24, 2.45) is 0 Å². The van der Waals surface area contributed by atoms with Crippen LogP contribution in [0.2, 0.25) is 0 Å². The number of aromatic nitrogens is 2. The van der Waals surface area contributed by atoms with Crippen molar-refractivity contribution in [3.8, 4) is 17.0 Å². The summed E-state index contributed by atoms with van der Waals surface area (Å²) in [5, 5.41) is 8.92. The first-order valence-electron chi connectivity index (χ1n) is 8.68. The molecule has 8 heteroatoms. The van der Waals surface area contributed by atoms with Crippen LogP contribution in [0.5, 0.6) is 5.75 Å². The molecule has 8 nitrogen and oxygen atoms in total. The molecule has 0 spiro atoms. The van der Waals surface area contributed by atoms with Crippen molar-refractivity contribution in [2.45, 2.75) is 19.5 Å². The highest BCUT2D eigenvalue weighted by Gasteiger charge is 2.29. The highest BCUT2D eigenvalue weighted by Crippen LogP contribution is 2.28. The van der Waals surface area contributed by atoms with E-state index in [0.717, 1.165) is 17.7 Å². The van der Waals surface area contributed by atoms with E-state index in [-0.39, 0.29) is 11.9 Å². The first kappa shape index (κ1) is 18.8. The topological polar surface area (TPSA) is 95.9 Å². The van der Waals surface area contributed by atoms with Crippen molar-refractivity contribution in [3.05, 3.63) is 42.4 Å². The van der Waals surface area contributed by atoms with Gasteiger partial charge >= 0.3 is 5.97 Å². The quantitative estimate of drug-likeness (QED) is 0.818. The highest BCUT2D eigenvalue weighted by atomic mass is 16.5. The molecule has 1 fully saturated rings. The molecule has 2 heterocycles. The standard InChI is InChI=1S/C19H22N4O4/c1-13-19(26)22(2)7-8-23(13)11-15-9-14(16-10-20-5-6-21-16)3-4-17(15)27-12-18(24)25/h3-6,9-10,13H,7-8,11-12H2,1-2H3,(H,24,25). The van der Waals surface area contributed by atoms with Crippen LogP contribution in [-0.2, 0) is 16.1 Å². The van der Waals surface area contributed by atoms with Crippen LogP contribution in [0.25, 0.3) is 11.3 Å². The van der Waals surface area contributed by atoms with Gasteiger partial charge in [0.05, 0.1) is 17.9 Å². The van der Waals surface area contributed by atoms with E-state index in [4.69, 9.17) is 9.84 Å². The molecule has 27 heavy (non-hydrogen) atoms. The number of benzene rings is 1. The Hall–Kier alpha value is -3.00. The van der Waals surface area contributed by atoms with E-state index in [1.54, 1.807) is 36.6 Å². The summed E-state index contributed by atoms with van der Waals surface area (Å²) in [6.45, 7) is 3.32. The van der Waals surface area contributed by atoms with Crippen molar-refractivity contribution in [2.75, 3.05) is 26.7 Å². The maximum Gasteiger partial charge on any atom is 0.341 e. The number of amides is 1. The molecule has 1 aromatic carbocycles. The molecule has 3 rings (SSSR count). The van der Waals surface area contributed by atoms with E-state index in [1.807, 2.05) is 19.1 Å². The van der Waals surface area contributed by atoms with E-state index < -0.39 is 12.6 Å². The molecule has 0 radical (unpaired) electrons. The number of nitrogens with zero attached hydrogens (tertiary/aromatic N) is 4. The van der Waals surface area contributed by atoms with Crippen LogP contribution in [0.4, 0.5) is 0 Å². The Morgan fingerprint density at radius 3 is 2.85 bits per heavy atom. The monoisotopic (exact) mass is 370 g/mol. The predicted octanol–water partition coefficient (Wildman–Crippen LogP) is 1.27. The zero-order valence-corrected chi connectivity index (χ0v) is 15.3. The van der Waals surface area contributed by atoms with E-state index in [9.17, 15) is 9.59 Å². The van der Waals surface area contributed by atoms with E-state index in [1.165, 1.54) is 0 Å². The minimum absolute atomic E-state index is 0.0688. The van der Waals surface area contributed by atoms with Crippen LogP contribution < -0.4 is 4.74 Å². The molecule has 0 bridgehead atoms. The summed E-state index contributed by atoms with van der Waals surface area (Å²) in [6.07, 6.45) is 4.89. The van der Waals surface area contributed by atoms with Gasteiger partial charge in [0.1, 0.15) is 5.75 Å². The van der Waals surface area contributed by atoms with E-state index in [2.05, 4.69) is 14.9 Å². The first-order valence-corrected chi connectivity index (χ1v) is 8.68. The normalized spacial score (nSPS) is 17.8. The Morgan fingerprint density at radius 2 is 2.15 bits per heavy atom. The molecular formula is C19H22N4O4. The molecule has 2 aromatic rings.